The molecular weight excluding hydrogens is 269 g/mol. The second kappa shape index (κ2) is 6.95. The summed E-state index contributed by atoms with van der Waals surface area (Å²) in [6.45, 7) is 4.69. The number of likely N-dealkylation sites (N-methyl/N-ethyl adjacent to an activating group) is 1. The molecule has 0 saturated carbocycles. The molecule has 0 aliphatic heterocycles. The Bertz CT molecular complexity index is 433. The highest BCUT2D eigenvalue weighted by Gasteiger charge is 2.33. The molecule has 0 saturated heterocycles. The van der Waals surface area contributed by atoms with Crippen LogP contribution in [0.15, 0.2) is 18.2 Å². The second-order valence-electron chi connectivity index (χ2n) is 4.88. The smallest absolute Gasteiger partial charge is 0.377 e. The minimum absolute atomic E-state index is 0.105. The van der Waals surface area contributed by atoms with Gasteiger partial charge in [-0.05, 0) is 31.5 Å². The molecule has 2 N–H and O–H groups in total. The number of ether oxygens (including phenoxy) is 1. The predicted octanol–water partition coefficient (Wildman–Crippen LogP) is 3.03. The molecule has 6 heteroatoms. The van der Waals surface area contributed by atoms with Crippen LogP contribution < -0.4 is 10.6 Å². The summed E-state index contributed by atoms with van der Waals surface area (Å²) in [4.78, 5) is 1.73. The number of benzene rings is 1. The normalized spacial score (nSPS) is 12.0. The van der Waals surface area contributed by atoms with Crippen LogP contribution in [0.3, 0.4) is 0 Å². The van der Waals surface area contributed by atoms with Gasteiger partial charge in [0.15, 0.2) is 0 Å². The number of nitrogens with zero attached hydrogens (tertiary/aromatic N) is 1. The van der Waals surface area contributed by atoms with Gasteiger partial charge in [0, 0.05) is 25.8 Å². The first kappa shape index (κ1) is 16.8. The summed E-state index contributed by atoms with van der Waals surface area (Å²) in [7, 11) is 1.74. The van der Waals surface area contributed by atoms with Gasteiger partial charge in [-0.15, -0.1) is 0 Å². The summed E-state index contributed by atoms with van der Waals surface area (Å²) in [6, 6.07) is 4.21. The fourth-order valence-electron chi connectivity index (χ4n) is 1.80. The standard InChI is InChI=1S/C14H21F3N2O/c1-10(2)20-7-6-19(3)12-5-4-11(9-18)13(8-12)14(15,16)17/h4-5,8,10H,6-7,9,18H2,1-3H3. The summed E-state index contributed by atoms with van der Waals surface area (Å²) in [5, 5.41) is 0. The van der Waals surface area contributed by atoms with E-state index in [0.717, 1.165) is 6.07 Å². The Morgan fingerprint density at radius 2 is 1.95 bits per heavy atom. The van der Waals surface area contributed by atoms with Crippen LogP contribution in [0.4, 0.5) is 18.9 Å². The number of nitrogens with two attached hydrogens (primary N) is 1. The molecule has 1 aromatic carbocycles. The minimum atomic E-state index is -4.39. The summed E-state index contributed by atoms with van der Waals surface area (Å²) in [5.41, 5.74) is 5.29. The molecule has 0 atom stereocenters. The van der Waals surface area contributed by atoms with Crippen molar-refractivity contribution < 1.29 is 17.9 Å². The molecule has 114 valence electrons. The molecule has 0 aliphatic rings. The number of alkyl halides is 3. The molecule has 0 heterocycles. The third kappa shape index (κ3) is 4.68. The van der Waals surface area contributed by atoms with Crippen LogP contribution in [0.25, 0.3) is 0 Å². The number of anilines is 1. The topological polar surface area (TPSA) is 38.5 Å². The van der Waals surface area contributed by atoms with Gasteiger partial charge < -0.3 is 15.4 Å². The average Bonchev–Trinajstić information content (AvgIpc) is 2.36. The van der Waals surface area contributed by atoms with Gasteiger partial charge in [-0.2, -0.15) is 13.2 Å². The lowest BCUT2D eigenvalue weighted by Gasteiger charge is -2.22. The summed E-state index contributed by atoms with van der Waals surface area (Å²) in [6.07, 6.45) is -4.28. The van der Waals surface area contributed by atoms with E-state index < -0.39 is 11.7 Å². The Morgan fingerprint density at radius 3 is 2.45 bits per heavy atom. The highest BCUT2D eigenvalue weighted by Crippen LogP contribution is 2.34. The van der Waals surface area contributed by atoms with E-state index in [-0.39, 0.29) is 18.2 Å². The molecule has 20 heavy (non-hydrogen) atoms. The van der Waals surface area contributed by atoms with Gasteiger partial charge >= 0.3 is 6.18 Å². The summed E-state index contributed by atoms with van der Waals surface area (Å²) in [5.74, 6) is 0. The Hall–Kier alpha value is -1.27. The molecule has 0 bridgehead atoms. The van der Waals surface area contributed by atoms with Gasteiger partial charge in [-0.3, -0.25) is 0 Å². The summed E-state index contributed by atoms with van der Waals surface area (Å²) < 4.78 is 44.2. The first-order valence-electron chi connectivity index (χ1n) is 6.48. The van der Waals surface area contributed by atoms with E-state index in [4.69, 9.17) is 10.5 Å². The zero-order valence-corrected chi connectivity index (χ0v) is 12.0. The second-order valence-corrected chi connectivity index (χ2v) is 4.88. The van der Waals surface area contributed by atoms with Crippen LogP contribution in [0, 0.1) is 0 Å². The predicted molar refractivity (Wildman–Crippen MR) is 73.7 cm³/mol. The number of hydrogen-bond donors (Lipinski definition) is 1. The van der Waals surface area contributed by atoms with E-state index in [0.29, 0.717) is 18.8 Å². The first-order valence-corrected chi connectivity index (χ1v) is 6.48. The maximum atomic E-state index is 12.9. The van der Waals surface area contributed by atoms with Crippen molar-refractivity contribution in [1.29, 1.82) is 0 Å². The molecule has 0 radical (unpaired) electrons. The molecule has 1 aromatic rings. The van der Waals surface area contributed by atoms with Crippen molar-refractivity contribution in [3.05, 3.63) is 29.3 Å². The van der Waals surface area contributed by atoms with Crippen LogP contribution in [-0.2, 0) is 17.5 Å². The van der Waals surface area contributed by atoms with Crippen LogP contribution >= 0.6 is 0 Å². The molecule has 0 fully saturated rings. The van der Waals surface area contributed by atoms with Gasteiger partial charge in [-0.25, -0.2) is 0 Å². The van der Waals surface area contributed by atoms with Gasteiger partial charge in [0.25, 0.3) is 0 Å². The van der Waals surface area contributed by atoms with Crippen molar-refractivity contribution in [3.8, 4) is 0 Å². The quantitative estimate of drug-likeness (QED) is 0.875. The Kier molecular flexibility index (Phi) is 5.83. The number of rotatable bonds is 6. The van der Waals surface area contributed by atoms with Crippen molar-refractivity contribution in [1.82, 2.24) is 0 Å². The molecule has 0 unspecified atom stereocenters. The van der Waals surface area contributed by atoms with E-state index in [2.05, 4.69) is 0 Å². The number of halogens is 3. The molecular formula is C14H21F3N2O. The number of hydrogen-bond acceptors (Lipinski definition) is 3. The van der Waals surface area contributed by atoms with E-state index >= 15 is 0 Å². The van der Waals surface area contributed by atoms with E-state index in [1.807, 2.05) is 13.8 Å². The molecule has 3 nitrogen and oxygen atoms in total. The maximum absolute atomic E-state index is 12.9. The van der Waals surface area contributed by atoms with Crippen molar-refractivity contribution in [3.63, 3.8) is 0 Å². The van der Waals surface area contributed by atoms with Crippen LogP contribution in [0.5, 0.6) is 0 Å². The third-order valence-electron chi connectivity index (χ3n) is 2.94. The average molecular weight is 290 g/mol. The lowest BCUT2D eigenvalue weighted by molar-refractivity contribution is -0.138. The molecule has 0 aliphatic carbocycles. The third-order valence-corrected chi connectivity index (χ3v) is 2.94. The molecule has 1 rings (SSSR count). The van der Waals surface area contributed by atoms with Crippen LogP contribution in [-0.4, -0.2) is 26.3 Å². The first-order chi connectivity index (χ1) is 9.25. The highest BCUT2D eigenvalue weighted by atomic mass is 19.4. The van der Waals surface area contributed by atoms with Gasteiger partial charge in [-0.1, -0.05) is 6.07 Å². The Morgan fingerprint density at radius 1 is 1.30 bits per heavy atom. The van der Waals surface area contributed by atoms with Gasteiger partial charge in [0.1, 0.15) is 0 Å². The van der Waals surface area contributed by atoms with Crippen LogP contribution in [0.1, 0.15) is 25.0 Å². The lowest BCUT2D eigenvalue weighted by atomic mass is 10.1. The van der Waals surface area contributed by atoms with E-state index in [1.165, 1.54) is 6.07 Å². The SMILES string of the molecule is CC(C)OCCN(C)c1ccc(CN)c(C(F)(F)F)c1. The summed E-state index contributed by atoms with van der Waals surface area (Å²) >= 11 is 0. The fraction of sp³-hybridized carbons (Fsp3) is 0.571. The zero-order valence-electron chi connectivity index (χ0n) is 12.0. The lowest BCUT2D eigenvalue weighted by Crippen LogP contribution is -2.24. The Labute approximate surface area is 117 Å². The van der Waals surface area contributed by atoms with Crippen molar-refractivity contribution in [2.45, 2.75) is 32.7 Å². The van der Waals surface area contributed by atoms with Crippen molar-refractivity contribution >= 4 is 5.69 Å². The molecule has 0 amide bonds. The van der Waals surface area contributed by atoms with Gasteiger partial charge in [0.2, 0.25) is 0 Å². The largest absolute Gasteiger partial charge is 0.416 e. The van der Waals surface area contributed by atoms with Crippen LogP contribution in [0.2, 0.25) is 0 Å². The molecule has 0 aromatic heterocycles. The Balaban J connectivity index is 2.86. The maximum Gasteiger partial charge on any atom is 0.416 e. The van der Waals surface area contributed by atoms with Crippen molar-refractivity contribution in [2.75, 3.05) is 25.1 Å². The highest BCUT2D eigenvalue weighted by molar-refractivity contribution is 5.51. The van der Waals surface area contributed by atoms with E-state index in [9.17, 15) is 13.2 Å². The molecule has 0 spiro atoms. The van der Waals surface area contributed by atoms with Crippen molar-refractivity contribution in [2.24, 2.45) is 5.73 Å². The monoisotopic (exact) mass is 290 g/mol. The zero-order chi connectivity index (χ0) is 15.3. The minimum Gasteiger partial charge on any atom is -0.377 e. The van der Waals surface area contributed by atoms with Gasteiger partial charge in [0.05, 0.1) is 18.3 Å². The van der Waals surface area contributed by atoms with E-state index in [1.54, 1.807) is 18.0 Å². The fourth-order valence-corrected chi connectivity index (χ4v) is 1.80.